The van der Waals surface area contributed by atoms with Crippen LogP contribution in [0.25, 0.3) is 0 Å². The summed E-state index contributed by atoms with van der Waals surface area (Å²) in [7, 11) is 0. The first-order valence-corrected chi connectivity index (χ1v) is 5.59. The molecule has 0 aliphatic carbocycles. The summed E-state index contributed by atoms with van der Waals surface area (Å²) in [4.78, 5) is 0. The van der Waals surface area contributed by atoms with E-state index in [-0.39, 0.29) is 17.2 Å². The van der Waals surface area contributed by atoms with Crippen molar-refractivity contribution in [2.24, 2.45) is 0 Å². The van der Waals surface area contributed by atoms with Crippen LogP contribution in [0, 0.1) is 0 Å². The van der Waals surface area contributed by atoms with Gasteiger partial charge in [0.05, 0.1) is 5.56 Å². The lowest BCUT2D eigenvalue weighted by Crippen LogP contribution is -2.29. The minimum Gasteiger partial charge on any atom is -0.508 e. The Morgan fingerprint density at radius 2 is 2.06 bits per heavy atom. The van der Waals surface area contributed by atoms with Crippen molar-refractivity contribution in [1.82, 2.24) is 5.32 Å². The van der Waals surface area contributed by atoms with Crippen LogP contribution in [0.3, 0.4) is 0 Å². The lowest BCUT2D eigenvalue weighted by Gasteiger charge is -2.26. The monoisotopic (exact) mass is 245 g/mol. The Morgan fingerprint density at radius 1 is 1.29 bits per heavy atom. The molecule has 1 aliphatic heterocycles. The molecule has 0 amide bonds. The van der Waals surface area contributed by atoms with Crippen LogP contribution in [0.5, 0.6) is 5.75 Å². The van der Waals surface area contributed by atoms with Gasteiger partial charge in [-0.2, -0.15) is 13.2 Å². The zero-order valence-corrected chi connectivity index (χ0v) is 9.22. The molecule has 0 radical (unpaired) electrons. The Kier molecular flexibility index (Phi) is 3.28. The number of rotatable bonds is 1. The standard InChI is InChI=1S/C12H14F3NO/c13-12(14,15)11-6-9(17)3-4-10(11)8-2-1-5-16-7-8/h3-4,6,8,16-17H,1-2,5,7H2. The van der Waals surface area contributed by atoms with Crippen molar-refractivity contribution in [1.29, 1.82) is 0 Å². The molecular formula is C12H14F3NO. The minimum absolute atomic E-state index is 0.124. The third kappa shape index (κ3) is 2.72. The van der Waals surface area contributed by atoms with Crippen LogP contribution in [-0.2, 0) is 6.18 Å². The summed E-state index contributed by atoms with van der Waals surface area (Å²) >= 11 is 0. The van der Waals surface area contributed by atoms with Crippen molar-refractivity contribution in [2.45, 2.75) is 24.9 Å². The SMILES string of the molecule is Oc1ccc(C2CCCNC2)c(C(F)(F)F)c1. The summed E-state index contributed by atoms with van der Waals surface area (Å²) in [5, 5.41) is 12.3. The Morgan fingerprint density at radius 3 is 2.65 bits per heavy atom. The first-order valence-electron chi connectivity index (χ1n) is 5.59. The number of hydrogen-bond donors (Lipinski definition) is 2. The number of aromatic hydroxyl groups is 1. The van der Waals surface area contributed by atoms with Crippen molar-refractivity contribution in [3.05, 3.63) is 29.3 Å². The highest BCUT2D eigenvalue weighted by molar-refractivity contribution is 5.39. The molecule has 1 aromatic rings. The molecule has 0 spiro atoms. The molecular weight excluding hydrogens is 231 g/mol. The molecule has 0 aromatic heterocycles. The van der Waals surface area contributed by atoms with Crippen LogP contribution < -0.4 is 5.32 Å². The molecule has 1 saturated heterocycles. The largest absolute Gasteiger partial charge is 0.508 e. The molecule has 94 valence electrons. The average Bonchev–Trinajstić information content (AvgIpc) is 2.29. The molecule has 2 N–H and O–H groups in total. The number of piperidine rings is 1. The van der Waals surface area contributed by atoms with E-state index < -0.39 is 11.7 Å². The van der Waals surface area contributed by atoms with Crippen LogP contribution in [-0.4, -0.2) is 18.2 Å². The second-order valence-corrected chi connectivity index (χ2v) is 4.31. The maximum atomic E-state index is 12.9. The van der Waals surface area contributed by atoms with E-state index in [1.165, 1.54) is 12.1 Å². The van der Waals surface area contributed by atoms with Gasteiger partial charge in [0.15, 0.2) is 0 Å². The summed E-state index contributed by atoms with van der Waals surface area (Å²) in [6.07, 6.45) is -2.78. The van der Waals surface area contributed by atoms with Crippen molar-refractivity contribution in [3.8, 4) is 5.75 Å². The van der Waals surface area contributed by atoms with Crippen LogP contribution in [0.1, 0.15) is 29.9 Å². The van der Waals surface area contributed by atoms with Gasteiger partial charge in [0.1, 0.15) is 5.75 Å². The highest BCUT2D eigenvalue weighted by Gasteiger charge is 2.35. The highest BCUT2D eigenvalue weighted by Crippen LogP contribution is 2.38. The van der Waals surface area contributed by atoms with Crippen LogP contribution in [0.15, 0.2) is 18.2 Å². The predicted molar refractivity (Wildman–Crippen MR) is 58.0 cm³/mol. The van der Waals surface area contributed by atoms with Gasteiger partial charge >= 0.3 is 6.18 Å². The second-order valence-electron chi connectivity index (χ2n) is 4.31. The Bertz CT molecular complexity index is 397. The molecule has 5 heteroatoms. The fourth-order valence-corrected chi connectivity index (χ4v) is 2.26. The smallest absolute Gasteiger partial charge is 0.416 e. The zero-order valence-electron chi connectivity index (χ0n) is 9.22. The van der Waals surface area contributed by atoms with E-state index in [9.17, 15) is 18.3 Å². The van der Waals surface area contributed by atoms with Gasteiger partial charge in [-0.05, 0) is 43.0 Å². The van der Waals surface area contributed by atoms with Gasteiger partial charge in [-0.25, -0.2) is 0 Å². The van der Waals surface area contributed by atoms with Crippen LogP contribution in [0.2, 0.25) is 0 Å². The fourth-order valence-electron chi connectivity index (χ4n) is 2.26. The van der Waals surface area contributed by atoms with Gasteiger partial charge in [-0.1, -0.05) is 6.07 Å². The van der Waals surface area contributed by atoms with Gasteiger partial charge in [0, 0.05) is 6.54 Å². The molecule has 1 fully saturated rings. The molecule has 17 heavy (non-hydrogen) atoms. The summed E-state index contributed by atoms with van der Waals surface area (Å²) in [5.41, 5.74) is -0.436. The van der Waals surface area contributed by atoms with Gasteiger partial charge in [0.2, 0.25) is 0 Å². The van der Waals surface area contributed by atoms with Crippen molar-refractivity contribution in [3.63, 3.8) is 0 Å². The van der Waals surface area contributed by atoms with Gasteiger partial charge < -0.3 is 10.4 Å². The number of alkyl halides is 3. The molecule has 2 rings (SSSR count). The number of halogens is 3. The summed E-state index contributed by atoms with van der Waals surface area (Å²) in [6, 6.07) is 3.51. The molecule has 1 heterocycles. The van der Waals surface area contributed by atoms with E-state index >= 15 is 0 Å². The van der Waals surface area contributed by atoms with Gasteiger partial charge in [-0.15, -0.1) is 0 Å². The van der Waals surface area contributed by atoms with E-state index in [0.29, 0.717) is 6.54 Å². The molecule has 1 aromatic carbocycles. The summed E-state index contributed by atoms with van der Waals surface area (Å²) in [5.74, 6) is -0.467. The number of benzene rings is 1. The van der Waals surface area contributed by atoms with Gasteiger partial charge in [0.25, 0.3) is 0 Å². The van der Waals surface area contributed by atoms with Gasteiger partial charge in [-0.3, -0.25) is 0 Å². The lowest BCUT2D eigenvalue weighted by atomic mass is 9.88. The molecule has 0 bridgehead atoms. The van der Waals surface area contributed by atoms with Crippen LogP contribution in [0.4, 0.5) is 13.2 Å². The second kappa shape index (κ2) is 4.56. The summed E-state index contributed by atoms with van der Waals surface area (Å²) < 4.78 is 38.6. The number of phenolic OH excluding ortho intramolecular Hbond substituents is 1. The number of nitrogens with one attached hydrogen (secondary N) is 1. The van der Waals surface area contributed by atoms with E-state index in [4.69, 9.17) is 0 Å². The van der Waals surface area contributed by atoms with Crippen molar-refractivity contribution < 1.29 is 18.3 Å². The van der Waals surface area contributed by atoms with E-state index in [1.54, 1.807) is 0 Å². The fraction of sp³-hybridized carbons (Fsp3) is 0.500. The zero-order chi connectivity index (χ0) is 12.5. The van der Waals surface area contributed by atoms with E-state index in [0.717, 1.165) is 25.5 Å². The topological polar surface area (TPSA) is 32.3 Å². The highest BCUT2D eigenvalue weighted by atomic mass is 19.4. The van der Waals surface area contributed by atoms with Crippen molar-refractivity contribution in [2.75, 3.05) is 13.1 Å². The quantitative estimate of drug-likeness (QED) is 0.797. The average molecular weight is 245 g/mol. The molecule has 1 unspecified atom stereocenters. The Labute approximate surface area is 97.5 Å². The van der Waals surface area contributed by atoms with E-state index in [1.807, 2.05) is 0 Å². The van der Waals surface area contributed by atoms with E-state index in [2.05, 4.69) is 5.32 Å². The summed E-state index contributed by atoms with van der Waals surface area (Å²) in [6.45, 7) is 1.42. The third-order valence-corrected chi connectivity index (χ3v) is 3.08. The maximum absolute atomic E-state index is 12.9. The number of phenols is 1. The first kappa shape index (κ1) is 12.2. The lowest BCUT2D eigenvalue weighted by molar-refractivity contribution is -0.138. The normalized spacial score (nSPS) is 21.5. The molecule has 1 atom stereocenters. The maximum Gasteiger partial charge on any atom is 0.416 e. The molecule has 2 nitrogen and oxygen atoms in total. The molecule has 0 saturated carbocycles. The minimum atomic E-state index is -4.41. The van der Waals surface area contributed by atoms with Crippen molar-refractivity contribution >= 4 is 0 Å². The Hall–Kier alpha value is -1.23. The third-order valence-electron chi connectivity index (χ3n) is 3.08. The van der Waals surface area contributed by atoms with Crippen LogP contribution >= 0.6 is 0 Å². The number of hydrogen-bond acceptors (Lipinski definition) is 2. The Balaban J connectivity index is 2.38. The predicted octanol–water partition coefficient (Wildman–Crippen LogP) is 2.88. The first-order chi connectivity index (χ1) is 7.98. The molecule has 1 aliphatic rings.